The largest absolute Gasteiger partial charge is 0.493 e. The summed E-state index contributed by atoms with van der Waals surface area (Å²) >= 11 is 6.01. The van der Waals surface area contributed by atoms with Crippen LogP contribution in [0, 0.1) is 5.92 Å². The first kappa shape index (κ1) is 16.3. The Morgan fingerprint density at radius 2 is 2.11 bits per heavy atom. The third kappa shape index (κ3) is 5.84. The van der Waals surface area contributed by atoms with Crippen LogP contribution in [0.1, 0.15) is 45.1 Å². The van der Waals surface area contributed by atoms with Gasteiger partial charge < -0.3 is 10.5 Å². The molecule has 0 aliphatic carbocycles. The Morgan fingerprint density at radius 1 is 1.32 bits per heavy atom. The van der Waals surface area contributed by atoms with Crippen molar-refractivity contribution in [2.24, 2.45) is 11.7 Å². The van der Waals surface area contributed by atoms with E-state index in [1.807, 2.05) is 18.2 Å². The highest BCUT2D eigenvalue weighted by atomic mass is 35.5. The van der Waals surface area contributed by atoms with Gasteiger partial charge in [0.1, 0.15) is 5.75 Å². The fourth-order valence-electron chi connectivity index (χ4n) is 2.15. The topological polar surface area (TPSA) is 35.2 Å². The van der Waals surface area contributed by atoms with E-state index in [-0.39, 0.29) is 0 Å². The Labute approximate surface area is 122 Å². The van der Waals surface area contributed by atoms with Crippen LogP contribution in [0.25, 0.3) is 0 Å². The second-order valence-electron chi connectivity index (χ2n) is 5.02. The number of rotatable bonds is 9. The molecular weight excluding hydrogens is 258 g/mol. The Hall–Kier alpha value is -0.730. The molecule has 0 radical (unpaired) electrons. The van der Waals surface area contributed by atoms with Gasteiger partial charge >= 0.3 is 0 Å². The van der Waals surface area contributed by atoms with E-state index in [0.29, 0.717) is 12.5 Å². The van der Waals surface area contributed by atoms with Crippen LogP contribution in [0.3, 0.4) is 0 Å². The molecule has 0 amide bonds. The molecule has 108 valence electrons. The first-order chi connectivity index (χ1) is 9.21. The van der Waals surface area contributed by atoms with E-state index < -0.39 is 0 Å². The SMILES string of the molecule is CCCCC(CC)COc1ccc(Cl)cc1CCN. The van der Waals surface area contributed by atoms with Crippen molar-refractivity contribution in [1.29, 1.82) is 0 Å². The van der Waals surface area contributed by atoms with E-state index in [1.54, 1.807) is 0 Å². The zero-order valence-corrected chi connectivity index (χ0v) is 12.9. The van der Waals surface area contributed by atoms with Gasteiger partial charge in [0.25, 0.3) is 0 Å². The number of hydrogen-bond acceptors (Lipinski definition) is 2. The molecule has 1 atom stereocenters. The zero-order chi connectivity index (χ0) is 14.1. The summed E-state index contributed by atoms with van der Waals surface area (Å²) in [5, 5.41) is 0.744. The number of halogens is 1. The van der Waals surface area contributed by atoms with Crippen LogP contribution in [0.5, 0.6) is 5.75 Å². The molecule has 1 aromatic carbocycles. The lowest BCUT2D eigenvalue weighted by Gasteiger charge is -2.17. The van der Waals surface area contributed by atoms with E-state index in [0.717, 1.165) is 29.4 Å². The number of unbranched alkanes of at least 4 members (excludes halogenated alkanes) is 1. The summed E-state index contributed by atoms with van der Waals surface area (Å²) in [5.74, 6) is 1.58. The van der Waals surface area contributed by atoms with E-state index >= 15 is 0 Å². The van der Waals surface area contributed by atoms with Crippen LogP contribution in [0.2, 0.25) is 5.02 Å². The average Bonchev–Trinajstić information content (AvgIpc) is 2.41. The molecular formula is C16H26ClNO. The fraction of sp³-hybridized carbons (Fsp3) is 0.625. The molecule has 0 aliphatic rings. The van der Waals surface area contributed by atoms with Crippen LogP contribution in [-0.4, -0.2) is 13.2 Å². The normalized spacial score (nSPS) is 12.4. The number of nitrogens with two attached hydrogens (primary N) is 1. The van der Waals surface area contributed by atoms with Crippen LogP contribution in [-0.2, 0) is 6.42 Å². The lowest BCUT2D eigenvalue weighted by atomic mass is 10.0. The van der Waals surface area contributed by atoms with Gasteiger partial charge in [-0.25, -0.2) is 0 Å². The Morgan fingerprint density at radius 3 is 2.74 bits per heavy atom. The summed E-state index contributed by atoms with van der Waals surface area (Å²) in [4.78, 5) is 0. The molecule has 0 aliphatic heterocycles. The number of ether oxygens (including phenoxy) is 1. The summed E-state index contributed by atoms with van der Waals surface area (Å²) in [6, 6.07) is 5.79. The molecule has 0 bridgehead atoms. The molecule has 0 aromatic heterocycles. The van der Waals surface area contributed by atoms with Crippen molar-refractivity contribution in [3.63, 3.8) is 0 Å². The predicted molar refractivity (Wildman–Crippen MR) is 83.0 cm³/mol. The maximum atomic E-state index is 6.01. The van der Waals surface area contributed by atoms with Gasteiger partial charge in [0.2, 0.25) is 0 Å². The third-order valence-corrected chi connectivity index (χ3v) is 3.69. The molecule has 0 saturated carbocycles. The fourth-order valence-corrected chi connectivity index (χ4v) is 2.34. The van der Waals surface area contributed by atoms with Gasteiger partial charge in [-0.1, -0.05) is 44.7 Å². The molecule has 0 fully saturated rings. The minimum absolute atomic E-state index is 0.615. The summed E-state index contributed by atoms with van der Waals surface area (Å²) < 4.78 is 5.98. The maximum Gasteiger partial charge on any atom is 0.122 e. The Bertz CT molecular complexity index is 368. The van der Waals surface area contributed by atoms with Gasteiger partial charge in [-0.3, -0.25) is 0 Å². The van der Waals surface area contributed by atoms with E-state index in [9.17, 15) is 0 Å². The summed E-state index contributed by atoms with van der Waals surface area (Å²) in [6.45, 7) is 5.86. The minimum atomic E-state index is 0.615. The molecule has 1 aromatic rings. The number of benzene rings is 1. The highest BCUT2D eigenvalue weighted by Gasteiger charge is 2.09. The summed E-state index contributed by atoms with van der Waals surface area (Å²) in [5.41, 5.74) is 6.74. The van der Waals surface area contributed by atoms with Crippen LogP contribution in [0.4, 0.5) is 0 Å². The average molecular weight is 284 g/mol. The van der Waals surface area contributed by atoms with E-state index in [2.05, 4.69) is 13.8 Å². The zero-order valence-electron chi connectivity index (χ0n) is 12.1. The lowest BCUT2D eigenvalue weighted by molar-refractivity contribution is 0.231. The standard InChI is InChI=1S/C16H26ClNO/c1-3-5-6-13(4-2)12-19-16-8-7-15(17)11-14(16)9-10-18/h7-8,11,13H,3-6,9-10,12,18H2,1-2H3. The summed E-state index contributed by atoms with van der Waals surface area (Å²) in [6.07, 6.45) is 5.74. The Balaban J connectivity index is 2.60. The molecule has 19 heavy (non-hydrogen) atoms. The van der Waals surface area contributed by atoms with Gasteiger partial charge in [0, 0.05) is 5.02 Å². The van der Waals surface area contributed by atoms with Gasteiger partial charge in [-0.05, 0) is 49.1 Å². The van der Waals surface area contributed by atoms with E-state index in [4.69, 9.17) is 22.1 Å². The first-order valence-corrected chi connectivity index (χ1v) is 7.70. The Kier molecular flexibility index (Phi) is 7.92. The minimum Gasteiger partial charge on any atom is -0.493 e. The summed E-state index contributed by atoms with van der Waals surface area (Å²) in [7, 11) is 0. The molecule has 3 heteroatoms. The van der Waals surface area contributed by atoms with Crippen molar-refractivity contribution in [2.45, 2.75) is 46.0 Å². The highest BCUT2D eigenvalue weighted by Crippen LogP contribution is 2.24. The van der Waals surface area contributed by atoms with E-state index in [1.165, 1.54) is 25.7 Å². The third-order valence-electron chi connectivity index (χ3n) is 3.45. The second-order valence-corrected chi connectivity index (χ2v) is 5.45. The first-order valence-electron chi connectivity index (χ1n) is 7.32. The number of hydrogen-bond donors (Lipinski definition) is 1. The van der Waals surface area contributed by atoms with Gasteiger partial charge in [0.15, 0.2) is 0 Å². The molecule has 1 unspecified atom stereocenters. The second kappa shape index (κ2) is 9.22. The quantitative estimate of drug-likeness (QED) is 0.727. The van der Waals surface area contributed by atoms with Gasteiger partial charge in [-0.2, -0.15) is 0 Å². The maximum absolute atomic E-state index is 6.01. The van der Waals surface area contributed by atoms with Crippen LogP contribution < -0.4 is 10.5 Å². The lowest BCUT2D eigenvalue weighted by Crippen LogP contribution is -2.13. The van der Waals surface area contributed by atoms with Gasteiger partial charge in [0.05, 0.1) is 6.61 Å². The molecule has 2 N–H and O–H groups in total. The van der Waals surface area contributed by atoms with Gasteiger partial charge in [-0.15, -0.1) is 0 Å². The molecule has 0 heterocycles. The van der Waals surface area contributed by atoms with Crippen molar-refractivity contribution in [3.05, 3.63) is 28.8 Å². The molecule has 2 nitrogen and oxygen atoms in total. The van der Waals surface area contributed by atoms with Crippen molar-refractivity contribution in [1.82, 2.24) is 0 Å². The highest BCUT2D eigenvalue weighted by molar-refractivity contribution is 6.30. The molecule has 0 saturated heterocycles. The smallest absolute Gasteiger partial charge is 0.122 e. The van der Waals surface area contributed by atoms with Crippen molar-refractivity contribution < 1.29 is 4.74 Å². The predicted octanol–water partition coefficient (Wildman–Crippen LogP) is 4.44. The molecule has 1 rings (SSSR count). The monoisotopic (exact) mass is 283 g/mol. The van der Waals surface area contributed by atoms with Crippen LogP contribution in [0.15, 0.2) is 18.2 Å². The van der Waals surface area contributed by atoms with Crippen LogP contribution >= 0.6 is 11.6 Å². The van der Waals surface area contributed by atoms with Crippen molar-refractivity contribution in [3.8, 4) is 5.75 Å². The molecule has 0 spiro atoms. The van der Waals surface area contributed by atoms with Crippen molar-refractivity contribution >= 4 is 11.6 Å². The van der Waals surface area contributed by atoms with Crippen molar-refractivity contribution in [2.75, 3.05) is 13.2 Å².